The number of ether oxygens (including phenoxy) is 12. The van der Waals surface area contributed by atoms with E-state index in [1.165, 1.54) is 41.9 Å². The number of esters is 2. The lowest BCUT2D eigenvalue weighted by Crippen LogP contribution is -2.61. The fraction of sp³-hybridized carbons (Fsp3) is 0.948. The highest BCUT2D eigenvalue weighted by Gasteiger charge is 2.57. The maximum absolute atomic E-state index is 14.3. The molecule has 0 amide bonds. The normalized spacial score (nSPS) is 48.5. The number of nitrogens with zero attached hydrogens (tertiary/aromatic N) is 3. The first-order valence-electron chi connectivity index (χ1n) is 38.2. The summed E-state index contributed by atoms with van der Waals surface area (Å²) in [6.07, 6.45) is -14.5. The van der Waals surface area contributed by atoms with Crippen molar-refractivity contribution in [3.8, 4) is 0 Å². The van der Waals surface area contributed by atoms with Crippen LogP contribution in [0.5, 0.6) is 0 Å². The molecular formula is C77H141N3O24. The number of methoxy groups -OCH3 is 2. The molecule has 6 aliphatic heterocycles. The number of ketones is 1. The van der Waals surface area contributed by atoms with E-state index in [1.54, 1.807) is 76.3 Å². The molecule has 0 spiro atoms. The highest BCUT2D eigenvalue weighted by molar-refractivity contribution is 5.89. The van der Waals surface area contributed by atoms with E-state index in [9.17, 15) is 55.2 Å². The SMILES string of the molecule is CC[C@H]1OC(=O)[C@H](C)[C@@H](OC2CC(C)(OC)C(O)C(C)O2)[C@H](C)[C@@H](OC2OC(C)CC(N(C)C)C2C)C(C)(C)C[C@@H](C)C(=NOC)[C@H](C)[C@@H](O)[C@]1(C)O.CC[C@H]1OC(=O)[C@H](C)[C@@H](OC2CC(C)(OC)C(O)C(C)O2)[C@H](C)[C@@H](OC2OC(C)CC(N(C)C)C2O)[C@](C)(O)C[C@@H](C)C(=O)[C@H](C)[C@@H](O)[C@]1(C)O. The van der Waals surface area contributed by atoms with Gasteiger partial charge >= 0.3 is 11.9 Å². The van der Waals surface area contributed by atoms with Gasteiger partial charge in [-0.1, -0.05) is 81.3 Å². The van der Waals surface area contributed by atoms with E-state index in [1.807, 2.05) is 46.7 Å². The van der Waals surface area contributed by atoms with Crippen LogP contribution in [-0.2, 0) is 76.1 Å². The lowest BCUT2D eigenvalue weighted by atomic mass is 9.69. The molecule has 6 saturated heterocycles. The van der Waals surface area contributed by atoms with Crippen molar-refractivity contribution in [2.75, 3.05) is 49.5 Å². The molecule has 0 saturated carbocycles. The zero-order valence-corrected chi connectivity index (χ0v) is 68.4. The van der Waals surface area contributed by atoms with Crippen LogP contribution in [0.25, 0.3) is 0 Å². The summed E-state index contributed by atoms with van der Waals surface area (Å²) in [5.74, 6) is -7.73. The van der Waals surface area contributed by atoms with Crippen molar-refractivity contribution in [1.82, 2.24) is 9.80 Å². The summed E-state index contributed by atoms with van der Waals surface area (Å²) < 4.78 is 75.8. The summed E-state index contributed by atoms with van der Waals surface area (Å²) in [6.45, 7) is 39.3. The maximum Gasteiger partial charge on any atom is 0.311 e. The van der Waals surface area contributed by atoms with E-state index in [4.69, 9.17) is 61.7 Å². The molecule has 35 atom stereocenters. The third-order valence-corrected chi connectivity index (χ3v) is 24.5. The summed E-state index contributed by atoms with van der Waals surface area (Å²) in [5, 5.41) is 96.6. The molecule has 0 aromatic carbocycles. The molecule has 27 heteroatoms. The molecule has 8 N–H and O–H groups in total. The fourth-order valence-electron chi connectivity index (χ4n) is 17.8. The van der Waals surface area contributed by atoms with Gasteiger partial charge in [0.1, 0.15) is 54.6 Å². The average molecular weight is 1490 g/mol. The molecule has 0 bridgehead atoms. The number of rotatable bonds is 15. The number of aliphatic hydroxyl groups is 8. The van der Waals surface area contributed by atoms with Crippen molar-refractivity contribution < 1.29 is 117 Å². The Morgan fingerprint density at radius 2 is 0.885 bits per heavy atom. The quantitative estimate of drug-likeness (QED) is 0.0636. The largest absolute Gasteiger partial charge is 0.459 e. The van der Waals surface area contributed by atoms with Crippen LogP contribution in [0.2, 0.25) is 0 Å². The van der Waals surface area contributed by atoms with Gasteiger partial charge in [-0.25, -0.2) is 0 Å². The Morgan fingerprint density at radius 3 is 1.30 bits per heavy atom. The molecule has 104 heavy (non-hydrogen) atoms. The van der Waals surface area contributed by atoms with Gasteiger partial charge in [0.05, 0.1) is 95.4 Å². The number of oxime groups is 1. The number of hydrogen-bond donors (Lipinski definition) is 8. The van der Waals surface area contributed by atoms with Crippen LogP contribution in [0, 0.1) is 58.7 Å². The third-order valence-electron chi connectivity index (χ3n) is 24.5. The summed E-state index contributed by atoms with van der Waals surface area (Å²) >= 11 is 0. The van der Waals surface area contributed by atoms with Gasteiger partial charge in [-0.15, -0.1) is 0 Å². The van der Waals surface area contributed by atoms with Gasteiger partial charge in [0.25, 0.3) is 0 Å². The number of hydrogen-bond acceptors (Lipinski definition) is 27. The fourth-order valence-corrected chi connectivity index (χ4v) is 17.8. The molecular weight excluding hydrogens is 1350 g/mol. The summed E-state index contributed by atoms with van der Waals surface area (Å²) in [4.78, 5) is 51.6. The standard InChI is InChI=1S/C40H74N2O11.C37H67NO13/c1-17-29-40(12,46)33(43)24(5)31(41-48-16)21(2)19-38(9,10)35(53-37-23(4)28(42(13)14)18-22(3)49-37)25(6)32(26(7)36(45)51-29)52-30-20-39(11,47-15)34(44)27(8)50-30;1-14-25-37(10,45)30(41)20(4)27(39)18(2)16-35(8,44)32(51-34-28(40)24(38(11)12)15-19(3)47-34)21(5)29(22(6)33(43)49-25)50-26-17-36(9,46-13)31(42)23(7)48-26/h21-30,32-35,37,43-44,46H,17-20H2,1-16H3;18-26,28-32,34,40-42,44-45H,14-17H2,1-13H3/t21-,22?,23?,24+,25+,26-,27?,28?,29-,30?,32+,33-,34?,35-,37?,39?,40-;18-,19?,20+,21+,22-,23?,24?,25-,26?,28?,29+,30-,31?,32-,34?,35-,36?,37-/m11/s1. The molecule has 0 radical (unpaired) electrons. The Kier molecular flexibility index (Phi) is 32.8. The Hall–Kier alpha value is -2.72. The van der Waals surface area contributed by atoms with Crippen LogP contribution in [0.3, 0.4) is 0 Å². The molecule has 16 unspecified atom stereocenters. The topological polar surface area (TPSA) is 352 Å². The van der Waals surface area contributed by atoms with E-state index >= 15 is 0 Å². The predicted molar refractivity (Wildman–Crippen MR) is 388 cm³/mol. The lowest BCUT2D eigenvalue weighted by Gasteiger charge is -2.50. The zero-order chi connectivity index (χ0) is 79.3. The van der Waals surface area contributed by atoms with Gasteiger partial charge in [0.2, 0.25) is 0 Å². The van der Waals surface area contributed by atoms with Crippen molar-refractivity contribution in [3.05, 3.63) is 0 Å². The summed E-state index contributed by atoms with van der Waals surface area (Å²) in [5.41, 5.74) is -7.65. The average Bonchev–Trinajstić information content (AvgIpc) is 0.778. The van der Waals surface area contributed by atoms with E-state index in [0.717, 1.165) is 6.42 Å². The van der Waals surface area contributed by atoms with Crippen molar-refractivity contribution in [2.45, 2.75) is 360 Å². The summed E-state index contributed by atoms with van der Waals surface area (Å²) in [7, 11) is 12.3. The number of carbonyl (C=O) groups excluding carboxylic acids is 3. The number of cyclic esters (lactones) is 2. The third kappa shape index (κ3) is 20.9. The number of Topliss-reactive ketones (excluding diaryl/α,β-unsaturated/α-hetero) is 1. The predicted octanol–water partition coefficient (Wildman–Crippen LogP) is 6.55. The number of carbonyl (C=O) groups is 3. The van der Waals surface area contributed by atoms with Gasteiger partial charge in [-0.2, -0.15) is 0 Å². The van der Waals surface area contributed by atoms with Gasteiger partial charge < -0.3 is 112 Å². The molecule has 0 aliphatic carbocycles. The minimum absolute atomic E-state index is 0.0243. The van der Waals surface area contributed by atoms with E-state index in [2.05, 4.69) is 51.8 Å². The second-order valence-corrected chi connectivity index (χ2v) is 34.2. The highest BCUT2D eigenvalue weighted by Crippen LogP contribution is 2.47. The van der Waals surface area contributed by atoms with E-state index in [-0.39, 0.29) is 68.2 Å². The van der Waals surface area contributed by atoms with Crippen molar-refractivity contribution in [2.24, 2.45) is 63.8 Å². The Labute approximate surface area is 621 Å². The Morgan fingerprint density at radius 1 is 0.481 bits per heavy atom. The van der Waals surface area contributed by atoms with Gasteiger partial charge in [0, 0.05) is 74.7 Å². The van der Waals surface area contributed by atoms with Crippen LogP contribution in [0.1, 0.15) is 204 Å². The van der Waals surface area contributed by atoms with Crippen LogP contribution in [0.15, 0.2) is 5.16 Å². The van der Waals surface area contributed by atoms with Crippen molar-refractivity contribution >= 4 is 23.4 Å². The lowest BCUT2D eigenvalue weighted by molar-refractivity contribution is -0.318. The number of likely N-dealkylation sites (N-methyl/N-ethyl adjacent to an activating group) is 1. The smallest absolute Gasteiger partial charge is 0.311 e. The first kappa shape index (κ1) is 91.9. The first-order valence-corrected chi connectivity index (χ1v) is 38.2. The Balaban J connectivity index is 0.000000374. The molecule has 6 heterocycles. The zero-order valence-electron chi connectivity index (χ0n) is 68.4. The first-order chi connectivity index (χ1) is 47.9. The van der Waals surface area contributed by atoms with E-state index < -0.39 is 197 Å². The van der Waals surface area contributed by atoms with Crippen LogP contribution < -0.4 is 0 Å². The molecule has 6 rings (SSSR count). The van der Waals surface area contributed by atoms with Crippen LogP contribution in [-0.4, -0.2) is 280 Å². The van der Waals surface area contributed by atoms with E-state index in [0.29, 0.717) is 18.6 Å². The molecule has 0 aromatic rings. The van der Waals surface area contributed by atoms with Crippen molar-refractivity contribution in [1.29, 1.82) is 0 Å². The monoisotopic (exact) mass is 1490 g/mol. The van der Waals surface area contributed by atoms with Crippen LogP contribution >= 0.6 is 0 Å². The van der Waals surface area contributed by atoms with Crippen LogP contribution in [0.4, 0.5) is 0 Å². The molecule has 6 aliphatic rings. The maximum atomic E-state index is 14.3. The second kappa shape index (κ2) is 37.1. The molecule has 6 fully saturated rings. The minimum atomic E-state index is -1.99. The Bertz CT molecular complexity index is 2740. The minimum Gasteiger partial charge on any atom is -0.459 e. The number of aliphatic hydroxyl groups excluding tert-OH is 5. The second-order valence-electron chi connectivity index (χ2n) is 34.2. The molecule has 0 aromatic heterocycles. The highest BCUT2D eigenvalue weighted by atomic mass is 16.7. The van der Waals surface area contributed by atoms with Crippen molar-refractivity contribution in [3.63, 3.8) is 0 Å². The molecule has 608 valence electrons. The van der Waals surface area contributed by atoms with Gasteiger partial charge in [-0.3, -0.25) is 14.4 Å². The van der Waals surface area contributed by atoms with Gasteiger partial charge in [-0.05, 0) is 154 Å². The molecule has 27 nitrogen and oxygen atoms in total. The van der Waals surface area contributed by atoms with Gasteiger partial charge in [0.15, 0.2) is 25.2 Å². The summed E-state index contributed by atoms with van der Waals surface area (Å²) in [6, 6.07) is -0.104.